The van der Waals surface area contributed by atoms with Crippen LogP contribution in [0.2, 0.25) is 5.15 Å². The molecule has 20 heavy (non-hydrogen) atoms. The zero-order chi connectivity index (χ0) is 14.5. The molecular formula is C16H17ClN2O. The molecule has 3 nitrogen and oxygen atoms in total. The Labute approximate surface area is 124 Å². The van der Waals surface area contributed by atoms with Gasteiger partial charge in [0.1, 0.15) is 5.15 Å². The molecule has 0 radical (unpaired) electrons. The van der Waals surface area contributed by atoms with Crippen LogP contribution in [0.4, 0.5) is 0 Å². The van der Waals surface area contributed by atoms with E-state index in [0.29, 0.717) is 17.3 Å². The number of benzene rings is 1. The van der Waals surface area contributed by atoms with E-state index in [1.165, 1.54) is 0 Å². The minimum Gasteiger partial charge on any atom is -0.337 e. The van der Waals surface area contributed by atoms with E-state index in [2.05, 4.69) is 4.98 Å². The van der Waals surface area contributed by atoms with Crippen LogP contribution in [0.3, 0.4) is 0 Å². The number of hydrogen-bond acceptors (Lipinski definition) is 2. The molecule has 1 heterocycles. The van der Waals surface area contributed by atoms with Gasteiger partial charge in [0, 0.05) is 24.8 Å². The Bertz CT molecular complexity index is 599. The molecule has 0 saturated heterocycles. The third kappa shape index (κ3) is 3.58. The lowest BCUT2D eigenvalue weighted by Crippen LogP contribution is -2.26. The van der Waals surface area contributed by atoms with Crippen LogP contribution in [0.25, 0.3) is 0 Å². The molecule has 0 aliphatic heterocycles. The second-order valence-electron chi connectivity index (χ2n) is 4.67. The van der Waals surface area contributed by atoms with Crippen molar-refractivity contribution in [3.8, 4) is 0 Å². The summed E-state index contributed by atoms with van der Waals surface area (Å²) >= 11 is 5.96. The predicted octanol–water partition coefficient (Wildman–Crippen LogP) is 3.57. The molecule has 0 aliphatic carbocycles. The Morgan fingerprint density at radius 3 is 2.60 bits per heavy atom. The monoisotopic (exact) mass is 288 g/mol. The van der Waals surface area contributed by atoms with Gasteiger partial charge in [-0.05, 0) is 24.1 Å². The fourth-order valence-electron chi connectivity index (χ4n) is 2.01. The highest BCUT2D eigenvalue weighted by Crippen LogP contribution is 2.14. The van der Waals surface area contributed by atoms with Gasteiger partial charge in [-0.3, -0.25) is 4.79 Å². The van der Waals surface area contributed by atoms with Gasteiger partial charge in [0.05, 0.1) is 0 Å². The first kappa shape index (κ1) is 14.5. The molecule has 0 aliphatic rings. The number of halogens is 1. The molecule has 104 valence electrons. The number of hydrogen-bond donors (Lipinski definition) is 0. The molecule has 0 spiro atoms. The van der Waals surface area contributed by atoms with Crippen LogP contribution in [-0.2, 0) is 13.0 Å². The van der Waals surface area contributed by atoms with Gasteiger partial charge >= 0.3 is 0 Å². The Kier molecular flexibility index (Phi) is 4.74. The maximum absolute atomic E-state index is 12.4. The topological polar surface area (TPSA) is 33.2 Å². The van der Waals surface area contributed by atoms with Crippen LogP contribution in [0.5, 0.6) is 0 Å². The molecule has 0 atom stereocenters. The highest BCUT2D eigenvalue weighted by Gasteiger charge is 2.14. The van der Waals surface area contributed by atoms with Crippen molar-refractivity contribution in [3.63, 3.8) is 0 Å². The number of nitrogens with zero attached hydrogens (tertiary/aromatic N) is 2. The Balaban J connectivity index is 2.16. The fourth-order valence-corrected chi connectivity index (χ4v) is 2.23. The lowest BCUT2D eigenvalue weighted by Gasteiger charge is -2.17. The average molecular weight is 289 g/mol. The number of rotatable bonds is 4. The van der Waals surface area contributed by atoms with Crippen LogP contribution < -0.4 is 0 Å². The Hall–Kier alpha value is -1.87. The first-order chi connectivity index (χ1) is 9.60. The molecule has 0 N–H and O–H groups in total. The highest BCUT2D eigenvalue weighted by atomic mass is 35.5. The van der Waals surface area contributed by atoms with E-state index in [1.54, 1.807) is 24.1 Å². The summed E-state index contributed by atoms with van der Waals surface area (Å²) in [5, 5.41) is 0.362. The van der Waals surface area contributed by atoms with Crippen LogP contribution >= 0.6 is 11.6 Å². The summed E-state index contributed by atoms with van der Waals surface area (Å²) in [6.45, 7) is 2.56. The van der Waals surface area contributed by atoms with Gasteiger partial charge in [-0.2, -0.15) is 0 Å². The normalized spacial score (nSPS) is 10.3. The van der Waals surface area contributed by atoms with E-state index in [-0.39, 0.29) is 5.91 Å². The highest BCUT2D eigenvalue weighted by molar-refractivity contribution is 6.29. The molecule has 4 heteroatoms. The molecule has 2 rings (SSSR count). The predicted molar refractivity (Wildman–Crippen MR) is 80.9 cm³/mol. The van der Waals surface area contributed by atoms with Crippen LogP contribution in [-0.4, -0.2) is 22.8 Å². The second kappa shape index (κ2) is 6.53. The Morgan fingerprint density at radius 2 is 1.95 bits per heavy atom. The standard InChI is InChI=1S/C16H17ClN2O/c1-3-14-9-13(10-15(17)18-14)16(20)19(2)11-12-7-5-4-6-8-12/h4-10H,3,11H2,1-2H3. The number of amides is 1. The van der Waals surface area contributed by atoms with Crippen molar-refractivity contribution < 1.29 is 4.79 Å². The van der Waals surface area contributed by atoms with E-state index in [0.717, 1.165) is 17.7 Å². The smallest absolute Gasteiger partial charge is 0.254 e. The van der Waals surface area contributed by atoms with E-state index < -0.39 is 0 Å². The molecule has 0 bridgehead atoms. The number of aryl methyl sites for hydroxylation is 1. The second-order valence-corrected chi connectivity index (χ2v) is 5.06. The average Bonchev–Trinajstić information content (AvgIpc) is 2.46. The molecule has 1 amide bonds. The molecular weight excluding hydrogens is 272 g/mol. The van der Waals surface area contributed by atoms with Crippen molar-refractivity contribution in [2.24, 2.45) is 0 Å². The quantitative estimate of drug-likeness (QED) is 0.806. The van der Waals surface area contributed by atoms with Crippen molar-refractivity contribution in [1.82, 2.24) is 9.88 Å². The minimum atomic E-state index is -0.0483. The summed E-state index contributed by atoms with van der Waals surface area (Å²) < 4.78 is 0. The lowest BCUT2D eigenvalue weighted by molar-refractivity contribution is 0.0785. The summed E-state index contributed by atoms with van der Waals surface area (Å²) in [6.07, 6.45) is 0.753. The maximum Gasteiger partial charge on any atom is 0.254 e. The number of carbonyl (C=O) groups excluding carboxylic acids is 1. The maximum atomic E-state index is 12.4. The molecule has 1 aromatic heterocycles. The van der Waals surface area contributed by atoms with Crippen LogP contribution in [0.15, 0.2) is 42.5 Å². The van der Waals surface area contributed by atoms with Crippen molar-refractivity contribution in [2.75, 3.05) is 7.05 Å². The van der Waals surface area contributed by atoms with Gasteiger partial charge in [-0.25, -0.2) is 4.98 Å². The van der Waals surface area contributed by atoms with E-state index in [9.17, 15) is 4.79 Å². The molecule has 2 aromatic rings. The zero-order valence-electron chi connectivity index (χ0n) is 11.6. The number of pyridine rings is 1. The molecule has 1 aromatic carbocycles. The molecule has 0 fully saturated rings. The van der Waals surface area contributed by atoms with E-state index in [1.807, 2.05) is 37.3 Å². The van der Waals surface area contributed by atoms with E-state index in [4.69, 9.17) is 11.6 Å². The van der Waals surface area contributed by atoms with Gasteiger partial charge in [-0.15, -0.1) is 0 Å². The summed E-state index contributed by atoms with van der Waals surface area (Å²) in [6, 6.07) is 13.3. The van der Waals surface area contributed by atoms with Crippen molar-refractivity contribution >= 4 is 17.5 Å². The largest absolute Gasteiger partial charge is 0.337 e. The van der Waals surface area contributed by atoms with Crippen LogP contribution in [0, 0.1) is 0 Å². The summed E-state index contributed by atoms with van der Waals surface area (Å²) in [7, 11) is 1.79. The summed E-state index contributed by atoms with van der Waals surface area (Å²) in [5.74, 6) is -0.0483. The lowest BCUT2D eigenvalue weighted by atomic mass is 10.1. The van der Waals surface area contributed by atoms with Crippen molar-refractivity contribution in [3.05, 3.63) is 64.4 Å². The van der Waals surface area contributed by atoms with Gasteiger partial charge in [-0.1, -0.05) is 48.9 Å². The van der Waals surface area contributed by atoms with Gasteiger partial charge in [0.25, 0.3) is 5.91 Å². The summed E-state index contributed by atoms with van der Waals surface area (Å²) in [5.41, 5.74) is 2.51. The van der Waals surface area contributed by atoms with Crippen LogP contribution in [0.1, 0.15) is 28.5 Å². The zero-order valence-corrected chi connectivity index (χ0v) is 12.4. The van der Waals surface area contributed by atoms with Gasteiger partial charge < -0.3 is 4.90 Å². The van der Waals surface area contributed by atoms with Crippen molar-refractivity contribution in [1.29, 1.82) is 0 Å². The molecule has 0 saturated carbocycles. The van der Waals surface area contributed by atoms with E-state index >= 15 is 0 Å². The van der Waals surface area contributed by atoms with Crippen molar-refractivity contribution in [2.45, 2.75) is 19.9 Å². The summed E-state index contributed by atoms with van der Waals surface area (Å²) in [4.78, 5) is 18.3. The third-order valence-electron chi connectivity index (χ3n) is 3.07. The third-order valence-corrected chi connectivity index (χ3v) is 3.26. The van der Waals surface area contributed by atoms with Gasteiger partial charge in [0.2, 0.25) is 0 Å². The SMILES string of the molecule is CCc1cc(C(=O)N(C)Cc2ccccc2)cc(Cl)n1. The Morgan fingerprint density at radius 1 is 1.25 bits per heavy atom. The number of aromatic nitrogens is 1. The molecule has 0 unspecified atom stereocenters. The number of carbonyl (C=O) groups is 1. The minimum absolute atomic E-state index is 0.0483. The first-order valence-electron chi connectivity index (χ1n) is 6.56. The van der Waals surface area contributed by atoms with Gasteiger partial charge in [0.15, 0.2) is 0 Å². The fraction of sp³-hybridized carbons (Fsp3) is 0.250. The first-order valence-corrected chi connectivity index (χ1v) is 6.93.